The minimum atomic E-state index is -0.486. The van der Waals surface area contributed by atoms with E-state index < -0.39 is 5.82 Å². The SMILES string of the molecule is O=C(c1ccc(F)c(Cl)c1)N1CCCC2(CCCNC2)C1. The van der Waals surface area contributed by atoms with Crippen LogP contribution in [0.2, 0.25) is 5.02 Å². The van der Waals surface area contributed by atoms with Crippen molar-refractivity contribution >= 4 is 17.5 Å². The standard InChI is InChI=1S/C16H20ClFN2O/c17-13-9-12(3-4-14(13)18)15(21)20-8-2-6-16(11-20)5-1-7-19-10-16/h3-4,9,19H,1-2,5-8,10-11H2. The summed E-state index contributed by atoms with van der Waals surface area (Å²) in [4.78, 5) is 14.5. The van der Waals surface area contributed by atoms with E-state index in [-0.39, 0.29) is 16.3 Å². The molecule has 3 nitrogen and oxygen atoms in total. The summed E-state index contributed by atoms with van der Waals surface area (Å²) in [6, 6.07) is 4.21. The molecule has 1 atom stereocenters. The molecule has 1 aromatic rings. The van der Waals surface area contributed by atoms with Gasteiger partial charge in [0.2, 0.25) is 0 Å². The maximum atomic E-state index is 13.2. The number of piperidine rings is 2. The summed E-state index contributed by atoms with van der Waals surface area (Å²) >= 11 is 5.78. The van der Waals surface area contributed by atoms with E-state index in [1.165, 1.54) is 37.5 Å². The molecular weight excluding hydrogens is 291 g/mol. The van der Waals surface area contributed by atoms with E-state index in [1.54, 1.807) is 0 Å². The van der Waals surface area contributed by atoms with Crippen LogP contribution in [0.1, 0.15) is 36.0 Å². The monoisotopic (exact) mass is 310 g/mol. The van der Waals surface area contributed by atoms with Crippen LogP contribution in [0.15, 0.2) is 18.2 Å². The lowest BCUT2D eigenvalue weighted by Crippen LogP contribution is -2.52. The van der Waals surface area contributed by atoms with Gasteiger partial charge in [-0.05, 0) is 50.4 Å². The number of nitrogens with zero attached hydrogens (tertiary/aromatic N) is 1. The second-order valence-corrected chi connectivity index (χ2v) is 6.65. The highest BCUT2D eigenvalue weighted by molar-refractivity contribution is 6.31. The largest absolute Gasteiger partial charge is 0.338 e. The average Bonchev–Trinajstić information content (AvgIpc) is 2.50. The highest BCUT2D eigenvalue weighted by Crippen LogP contribution is 2.36. The molecule has 2 aliphatic rings. The first-order valence-electron chi connectivity index (χ1n) is 7.55. The summed E-state index contributed by atoms with van der Waals surface area (Å²) in [5, 5.41) is 3.46. The number of benzene rings is 1. The summed E-state index contributed by atoms with van der Waals surface area (Å²) < 4.78 is 13.2. The van der Waals surface area contributed by atoms with Gasteiger partial charge in [-0.1, -0.05) is 11.6 Å². The molecule has 0 aromatic heterocycles. The molecule has 1 amide bonds. The molecule has 0 radical (unpaired) electrons. The van der Waals surface area contributed by atoms with Gasteiger partial charge in [-0.25, -0.2) is 4.39 Å². The van der Waals surface area contributed by atoms with Gasteiger partial charge in [0.05, 0.1) is 5.02 Å². The van der Waals surface area contributed by atoms with Crippen molar-refractivity contribution in [3.8, 4) is 0 Å². The second-order valence-electron chi connectivity index (χ2n) is 6.24. The number of amides is 1. The molecule has 0 bridgehead atoms. The molecular formula is C16H20ClFN2O. The number of halogens is 2. The Labute approximate surface area is 129 Å². The van der Waals surface area contributed by atoms with Crippen molar-refractivity contribution in [1.82, 2.24) is 10.2 Å². The highest BCUT2D eigenvalue weighted by Gasteiger charge is 2.38. The minimum Gasteiger partial charge on any atom is -0.338 e. The zero-order chi connectivity index (χ0) is 14.9. The predicted octanol–water partition coefficient (Wildman–Crippen LogP) is 3.08. The lowest BCUT2D eigenvalue weighted by Gasteiger charge is -2.45. The number of carbonyl (C=O) groups excluding carboxylic acids is 1. The van der Waals surface area contributed by atoms with Crippen molar-refractivity contribution < 1.29 is 9.18 Å². The van der Waals surface area contributed by atoms with Crippen molar-refractivity contribution in [3.05, 3.63) is 34.6 Å². The third-order valence-electron chi connectivity index (χ3n) is 4.68. The Morgan fingerprint density at radius 1 is 1.33 bits per heavy atom. The van der Waals surface area contributed by atoms with E-state index in [9.17, 15) is 9.18 Å². The number of rotatable bonds is 1. The summed E-state index contributed by atoms with van der Waals surface area (Å²) in [7, 11) is 0. The van der Waals surface area contributed by atoms with Crippen molar-refractivity contribution in [3.63, 3.8) is 0 Å². The molecule has 21 heavy (non-hydrogen) atoms. The van der Waals surface area contributed by atoms with Crippen molar-refractivity contribution in [2.45, 2.75) is 25.7 Å². The topological polar surface area (TPSA) is 32.3 Å². The number of carbonyl (C=O) groups is 1. The average molecular weight is 311 g/mol. The first kappa shape index (κ1) is 14.8. The Bertz CT molecular complexity index is 538. The molecule has 2 aliphatic heterocycles. The minimum absolute atomic E-state index is 0.00639. The summed E-state index contributed by atoms with van der Waals surface area (Å²) in [6.45, 7) is 3.62. The van der Waals surface area contributed by atoms with Gasteiger partial charge in [-0.2, -0.15) is 0 Å². The molecule has 1 spiro atoms. The number of likely N-dealkylation sites (tertiary alicyclic amines) is 1. The fourth-order valence-corrected chi connectivity index (χ4v) is 3.75. The summed E-state index contributed by atoms with van der Waals surface area (Å²) in [5.41, 5.74) is 0.693. The Hall–Kier alpha value is -1.13. The van der Waals surface area contributed by atoms with Gasteiger partial charge in [0, 0.05) is 30.6 Å². The van der Waals surface area contributed by atoms with Gasteiger partial charge < -0.3 is 10.2 Å². The molecule has 1 aromatic carbocycles. The molecule has 2 heterocycles. The maximum Gasteiger partial charge on any atom is 0.253 e. The van der Waals surface area contributed by atoms with Crippen molar-refractivity contribution in [1.29, 1.82) is 0 Å². The van der Waals surface area contributed by atoms with Crippen molar-refractivity contribution in [2.24, 2.45) is 5.41 Å². The fourth-order valence-electron chi connectivity index (χ4n) is 3.57. The van der Waals surface area contributed by atoms with Gasteiger partial charge in [0.25, 0.3) is 5.91 Å². The fraction of sp³-hybridized carbons (Fsp3) is 0.562. The van der Waals surface area contributed by atoms with E-state index in [2.05, 4.69) is 5.32 Å². The Kier molecular flexibility index (Phi) is 4.18. The second kappa shape index (κ2) is 5.93. The van der Waals surface area contributed by atoms with Crippen LogP contribution in [-0.2, 0) is 0 Å². The lowest BCUT2D eigenvalue weighted by molar-refractivity contribution is 0.0434. The van der Waals surface area contributed by atoms with Crippen LogP contribution >= 0.6 is 11.6 Å². The number of nitrogens with one attached hydrogen (secondary N) is 1. The molecule has 114 valence electrons. The van der Waals surface area contributed by atoms with E-state index in [0.717, 1.165) is 32.6 Å². The maximum absolute atomic E-state index is 13.2. The Morgan fingerprint density at radius 3 is 2.86 bits per heavy atom. The van der Waals surface area contributed by atoms with Crippen LogP contribution in [-0.4, -0.2) is 37.0 Å². The number of hydrogen-bond donors (Lipinski definition) is 1. The van der Waals surface area contributed by atoms with Crippen LogP contribution in [0, 0.1) is 11.2 Å². The van der Waals surface area contributed by atoms with Gasteiger partial charge >= 0.3 is 0 Å². The molecule has 0 saturated carbocycles. The zero-order valence-corrected chi connectivity index (χ0v) is 12.8. The molecule has 5 heteroatoms. The van der Waals surface area contributed by atoms with Crippen molar-refractivity contribution in [2.75, 3.05) is 26.2 Å². The van der Waals surface area contributed by atoms with E-state index in [0.29, 0.717) is 5.56 Å². The predicted molar refractivity (Wildman–Crippen MR) is 81.1 cm³/mol. The van der Waals surface area contributed by atoms with Crippen LogP contribution < -0.4 is 5.32 Å². The van der Waals surface area contributed by atoms with Crippen LogP contribution in [0.3, 0.4) is 0 Å². The zero-order valence-electron chi connectivity index (χ0n) is 12.0. The lowest BCUT2D eigenvalue weighted by atomic mass is 9.74. The third-order valence-corrected chi connectivity index (χ3v) is 4.97. The smallest absolute Gasteiger partial charge is 0.253 e. The molecule has 1 N–H and O–H groups in total. The van der Waals surface area contributed by atoms with Gasteiger partial charge in [0.1, 0.15) is 5.82 Å². The Balaban J connectivity index is 1.76. The summed E-state index contributed by atoms with van der Waals surface area (Å²) in [6.07, 6.45) is 4.55. The summed E-state index contributed by atoms with van der Waals surface area (Å²) in [5.74, 6) is -0.527. The quantitative estimate of drug-likeness (QED) is 0.864. The van der Waals surface area contributed by atoms with Gasteiger partial charge in [0.15, 0.2) is 0 Å². The third kappa shape index (κ3) is 3.06. The molecule has 2 fully saturated rings. The normalized spacial score (nSPS) is 26.1. The Morgan fingerprint density at radius 2 is 2.14 bits per heavy atom. The molecule has 2 saturated heterocycles. The van der Waals surface area contributed by atoms with Crippen LogP contribution in [0.5, 0.6) is 0 Å². The first-order chi connectivity index (χ1) is 10.1. The van der Waals surface area contributed by atoms with E-state index in [1.807, 2.05) is 4.90 Å². The van der Waals surface area contributed by atoms with E-state index >= 15 is 0 Å². The first-order valence-corrected chi connectivity index (χ1v) is 7.93. The van der Waals surface area contributed by atoms with Crippen LogP contribution in [0.4, 0.5) is 4.39 Å². The van der Waals surface area contributed by atoms with E-state index in [4.69, 9.17) is 11.6 Å². The van der Waals surface area contributed by atoms with Crippen LogP contribution in [0.25, 0.3) is 0 Å². The van der Waals surface area contributed by atoms with Gasteiger partial charge in [-0.15, -0.1) is 0 Å². The number of hydrogen-bond acceptors (Lipinski definition) is 2. The van der Waals surface area contributed by atoms with Gasteiger partial charge in [-0.3, -0.25) is 4.79 Å². The molecule has 3 rings (SSSR count). The molecule has 1 unspecified atom stereocenters. The highest BCUT2D eigenvalue weighted by atomic mass is 35.5. The molecule has 0 aliphatic carbocycles.